The van der Waals surface area contributed by atoms with Crippen molar-refractivity contribution in [2.75, 3.05) is 44.4 Å². The molecule has 0 bridgehead atoms. The second-order valence-electron chi connectivity index (χ2n) is 19.2. The lowest BCUT2D eigenvalue weighted by atomic mass is 9.90. The highest BCUT2D eigenvalue weighted by Crippen LogP contribution is 2.44. The first kappa shape index (κ1) is 52.6. The van der Waals surface area contributed by atoms with Gasteiger partial charge in [-0.05, 0) is 64.2 Å². The Morgan fingerprint density at radius 1 is 0.884 bits per heavy atom. The highest BCUT2D eigenvalue weighted by atomic mass is 19.2. The molecule has 1 amide bonds. The number of ether oxygens (including phenoxy) is 1. The molecule has 4 aliphatic rings. The fraction of sp³-hybridized carbons (Fsp3) is 0.533. The number of nitrogens with one attached hydrogen (secondary N) is 2. The summed E-state index contributed by atoms with van der Waals surface area (Å²) in [5.41, 5.74) is 0.915. The molecular formula is C45H52BF9N6O8. The van der Waals surface area contributed by atoms with E-state index in [9.17, 15) is 64.1 Å². The maximum atomic E-state index is 15.1. The zero-order chi connectivity index (χ0) is 51.4. The molecule has 2 aromatic heterocycles. The van der Waals surface area contributed by atoms with Gasteiger partial charge < -0.3 is 44.9 Å². The first-order valence-electron chi connectivity index (χ1n) is 21.9. The van der Waals surface area contributed by atoms with Crippen LogP contribution in [0.25, 0.3) is 21.8 Å². The minimum Gasteiger partial charge on any atom is -0.477 e. The van der Waals surface area contributed by atoms with Crippen LogP contribution in [0.1, 0.15) is 91.4 Å². The van der Waals surface area contributed by atoms with Gasteiger partial charge in [-0.3, -0.25) is 9.59 Å². The summed E-state index contributed by atoms with van der Waals surface area (Å²) in [7, 11) is -3.46. The number of carbonyl (C=O) groups is 3. The Kier molecular flexibility index (Phi) is 14.9. The number of halogens is 9. The smallest absolute Gasteiger partial charge is 0.477 e. The van der Waals surface area contributed by atoms with Gasteiger partial charge in [0.25, 0.3) is 0 Å². The maximum absolute atomic E-state index is 15.1. The van der Waals surface area contributed by atoms with Crippen LogP contribution in [0.2, 0.25) is 0 Å². The van der Waals surface area contributed by atoms with E-state index in [1.54, 1.807) is 39.5 Å². The Bertz CT molecular complexity index is 2810. The van der Waals surface area contributed by atoms with Gasteiger partial charge in [-0.25, -0.2) is 53.7 Å². The molecule has 4 heterocycles. The predicted molar refractivity (Wildman–Crippen MR) is 238 cm³/mol. The molecule has 8 atom stereocenters. The summed E-state index contributed by atoms with van der Waals surface area (Å²) in [6.07, 6.45) is -0.803. The molecule has 4 fully saturated rings. The molecule has 2 aliphatic carbocycles. The number of alkyl halides is 4. The molecule has 2 aromatic carbocycles. The number of nitrogens with zero attached hydrogens (tertiary/aromatic N) is 3. The van der Waals surface area contributed by atoms with Gasteiger partial charge in [0.15, 0.2) is 11.6 Å². The number of aromatic carboxylic acids is 1. The number of benzene rings is 2. The minimum atomic E-state index is -3.46. The Morgan fingerprint density at radius 3 is 1.86 bits per heavy atom. The van der Waals surface area contributed by atoms with E-state index in [0.717, 1.165) is 23.0 Å². The number of hydrogen-bond donors (Lipinski definition) is 4. The van der Waals surface area contributed by atoms with Crippen molar-refractivity contribution >= 4 is 53.0 Å². The zero-order valence-corrected chi connectivity index (χ0v) is 38.6. The van der Waals surface area contributed by atoms with Crippen LogP contribution in [0.4, 0.5) is 49.8 Å². The molecule has 2 aliphatic heterocycles. The largest absolute Gasteiger partial charge is 0.798 e. The van der Waals surface area contributed by atoms with E-state index in [2.05, 4.69) is 15.3 Å². The standard InChI is InChI=1S/C20H22F3N3O3.C14H9BF5NO3.C11H21FN2O2/c1-9-5-25(8-20(9,24)7-21)17-10(2)16-11(3-14(17)23)18(27)12(19(28)29)6-26(16)15-4-13(15)22;1-5-11(18)9(17)2-6-12(5)21(10-3-8(10)16)4-7(13(6)22)14(23)24-15(19)20;1-8-5-13-7-11(8,6-12)14-9(15)16-10(2,3)4/h3,6,9,13,15H,4-5,7-8,24H2,1-2H3,(H,28,29);2,4,8,10H,3H2,1H3;8,13H,5-7H2,1-4H3,(H,14,15)/t9?,13-,15+,20+;8-,10+;8?,11-/m001/s1. The summed E-state index contributed by atoms with van der Waals surface area (Å²) < 4.78 is 132. The lowest BCUT2D eigenvalue weighted by Crippen LogP contribution is -2.56. The quantitative estimate of drug-likeness (QED) is 0.100. The highest BCUT2D eigenvalue weighted by molar-refractivity contribution is 6.38. The van der Waals surface area contributed by atoms with Gasteiger partial charge in [-0.15, -0.1) is 0 Å². The van der Waals surface area contributed by atoms with Gasteiger partial charge in [0.05, 0.1) is 39.9 Å². The second-order valence-corrected chi connectivity index (χ2v) is 19.2. The van der Waals surface area contributed by atoms with E-state index in [-0.39, 0.29) is 53.4 Å². The molecule has 14 nitrogen and oxygen atoms in total. The Hall–Kier alpha value is -5.78. The van der Waals surface area contributed by atoms with Crippen LogP contribution in [0.15, 0.2) is 34.1 Å². The van der Waals surface area contributed by atoms with Crippen LogP contribution in [0.5, 0.6) is 0 Å². The first-order valence-corrected chi connectivity index (χ1v) is 21.9. The van der Waals surface area contributed by atoms with Crippen LogP contribution >= 0.6 is 0 Å². The number of carbonyl (C=O) groups excluding carboxylic acids is 2. The van der Waals surface area contributed by atoms with Gasteiger partial charge in [0.1, 0.15) is 48.2 Å². The van der Waals surface area contributed by atoms with E-state index in [1.807, 2.05) is 6.92 Å². The first-order chi connectivity index (χ1) is 32.1. The van der Waals surface area contributed by atoms with Crippen LogP contribution in [0, 0.1) is 43.1 Å². The van der Waals surface area contributed by atoms with Crippen molar-refractivity contribution in [3.05, 3.63) is 84.7 Å². The van der Waals surface area contributed by atoms with Crippen LogP contribution in [-0.2, 0) is 9.39 Å². The van der Waals surface area contributed by atoms with Crippen molar-refractivity contribution in [3.63, 3.8) is 0 Å². The van der Waals surface area contributed by atoms with Crippen molar-refractivity contribution in [2.24, 2.45) is 17.6 Å². The van der Waals surface area contributed by atoms with Gasteiger partial charge in [-0.2, -0.15) is 0 Å². The van der Waals surface area contributed by atoms with Crippen molar-refractivity contribution < 1.29 is 68.2 Å². The van der Waals surface area contributed by atoms with Crippen molar-refractivity contribution in [1.29, 1.82) is 0 Å². The third-order valence-corrected chi connectivity index (χ3v) is 13.0. The van der Waals surface area contributed by atoms with Crippen LogP contribution in [-0.4, -0.2) is 108 Å². The molecule has 2 saturated carbocycles. The van der Waals surface area contributed by atoms with Gasteiger partial charge in [0.2, 0.25) is 10.9 Å². The van der Waals surface area contributed by atoms with Gasteiger partial charge >= 0.3 is 25.5 Å². The third kappa shape index (κ3) is 10.6. The monoisotopic (exact) mass is 986 g/mol. The third-order valence-electron chi connectivity index (χ3n) is 13.0. The molecule has 2 saturated heterocycles. The number of rotatable bonds is 9. The van der Waals surface area contributed by atoms with Crippen molar-refractivity contribution in [1.82, 2.24) is 19.8 Å². The number of nitrogens with two attached hydrogens (primary N) is 1. The molecule has 5 N–H and O–H groups in total. The Labute approximate surface area is 389 Å². The molecule has 4 aromatic rings. The average molecular weight is 987 g/mol. The normalized spacial score (nSPS) is 25.9. The number of anilines is 1. The fourth-order valence-corrected chi connectivity index (χ4v) is 8.76. The Morgan fingerprint density at radius 2 is 1.41 bits per heavy atom. The van der Waals surface area contributed by atoms with Gasteiger partial charge in [0, 0.05) is 67.8 Å². The lowest BCUT2D eigenvalue weighted by molar-refractivity contribution is 0.0417. The number of carboxylic acids is 1. The molecule has 69 heavy (non-hydrogen) atoms. The van der Waals surface area contributed by atoms with E-state index in [4.69, 9.17) is 10.5 Å². The van der Waals surface area contributed by atoms with Crippen molar-refractivity contribution in [2.45, 2.75) is 102 Å². The number of amides is 1. The molecule has 8 rings (SSSR count). The summed E-state index contributed by atoms with van der Waals surface area (Å²) in [4.78, 5) is 61.3. The number of carboxylic acid groups (broad SMARTS) is 1. The zero-order valence-electron chi connectivity index (χ0n) is 38.6. The van der Waals surface area contributed by atoms with Crippen LogP contribution < -0.4 is 32.1 Å². The second kappa shape index (κ2) is 19.6. The molecule has 376 valence electrons. The maximum Gasteiger partial charge on any atom is 0.798 e. The minimum absolute atomic E-state index is 0.0414. The number of aromatic nitrogens is 2. The topological polar surface area (TPSA) is 187 Å². The summed E-state index contributed by atoms with van der Waals surface area (Å²) >= 11 is 0. The molecule has 2 unspecified atom stereocenters. The average Bonchev–Trinajstić information content (AvgIpc) is 4.11. The number of hydrogen-bond acceptors (Lipinski definition) is 10. The van der Waals surface area contributed by atoms with Crippen molar-refractivity contribution in [3.8, 4) is 0 Å². The lowest BCUT2D eigenvalue weighted by Gasteiger charge is -2.32. The van der Waals surface area contributed by atoms with E-state index in [1.165, 1.54) is 11.5 Å². The van der Waals surface area contributed by atoms with E-state index in [0.29, 0.717) is 36.8 Å². The summed E-state index contributed by atoms with van der Waals surface area (Å²) in [6.45, 7) is 12.1. The summed E-state index contributed by atoms with van der Waals surface area (Å²) in [5.74, 6) is -6.51. The van der Waals surface area contributed by atoms with E-state index >= 15 is 4.39 Å². The van der Waals surface area contributed by atoms with Crippen LogP contribution in [0.3, 0.4) is 0 Å². The fourth-order valence-electron chi connectivity index (χ4n) is 8.76. The van der Waals surface area contributed by atoms with Gasteiger partial charge in [-0.1, -0.05) is 13.8 Å². The molecule has 0 spiro atoms. The number of aryl methyl sites for hydroxylation is 2. The number of alkyl carbamates (subject to hydrolysis) is 1. The number of pyridine rings is 2. The summed E-state index contributed by atoms with van der Waals surface area (Å²) in [6, 6.07) is 0.153. The highest BCUT2D eigenvalue weighted by Gasteiger charge is 2.45. The molecule has 24 heteroatoms. The summed E-state index contributed by atoms with van der Waals surface area (Å²) in [5, 5.41) is 14.5. The Balaban J connectivity index is 0.000000178. The number of fused-ring (bicyclic) bond motifs is 2. The molecular weight excluding hydrogens is 934 g/mol. The SMILES string of the molecule is CC1CNC[C@@]1(CF)NC(=O)OC(C)(C)C.Cc1c(F)c(F)cc2c(=O)c(C(=O)OB(F)F)cn([C@@H]3C[C@@H]3F)c12.Cc1c(N2CC(C)[C@@](N)(CF)C2)c(F)cc2c(=O)c(C(=O)O)cn([C@@H]3C[C@@H]3F)c12. The van der Waals surface area contributed by atoms with E-state index < -0.39 is 125 Å². The molecule has 0 radical (unpaired) electrons. The predicted octanol–water partition coefficient (Wildman–Crippen LogP) is 6.96.